The number of carbonyl (C=O) groups is 2. The molecule has 2 amide bonds. The second-order valence-electron chi connectivity index (χ2n) is 7.85. The lowest BCUT2D eigenvalue weighted by Gasteiger charge is -2.33. The molecule has 0 unspecified atom stereocenters. The van der Waals surface area contributed by atoms with E-state index in [1.54, 1.807) is 23.1 Å². The number of amides is 2. The molecule has 152 valence electrons. The predicted molar refractivity (Wildman–Crippen MR) is 111 cm³/mol. The first-order valence-electron chi connectivity index (χ1n) is 10.3. The fraction of sp³-hybridized carbons (Fsp3) is 0.391. The maximum atomic E-state index is 12.7. The number of nitrogens with one attached hydrogen (secondary N) is 2. The van der Waals surface area contributed by atoms with E-state index in [2.05, 4.69) is 22.8 Å². The predicted octanol–water partition coefficient (Wildman–Crippen LogP) is 2.61. The van der Waals surface area contributed by atoms with Gasteiger partial charge < -0.3 is 15.3 Å². The first-order chi connectivity index (χ1) is 14.1. The summed E-state index contributed by atoms with van der Waals surface area (Å²) in [6.07, 6.45) is 3.23. The zero-order valence-corrected chi connectivity index (χ0v) is 16.4. The number of aromatic hydroxyl groups is 1. The summed E-state index contributed by atoms with van der Waals surface area (Å²) >= 11 is 0. The summed E-state index contributed by atoms with van der Waals surface area (Å²) < 4.78 is 0. The number of likely N-dealkylation sites (tertiary alicyclic amines) is 1. The van der Waals surface area contributed by atoms with Gasteiger partial charge in [-0.2, -0.15) is 0 Å². The van der Waals surface area contributed by atoms with Crippen LogP contribution in [-0.2, 0) is 4.79 Å². The minimum absolute atomic E-state index is 0.00760. The number of phenolic OH excluding ortho intramolecular Hbond substituents is 1. The molecule has 0 saturated carbocycles. The molecular formula is C23H27N3O3. The van der Waals surface area contributed by atoms with Gasteiger partial charge in [0.2, 0.25) is 5.91 Å². The van der Waals surface area contributed by atoms with Gasteiger partial charge in [0.1, 0.15) is 5.75 Å². The minimum atomic E-state index is -0.166. The lowest BCUT2D eigenvalue weighted by Crippen LogP contribution is -2.50. The molecule has 0 bridgehead atoms. The third-order valence-electron chi connectivity index (χ3n) is 5.93. The molecule has 0 aliphatic carbocycles. The van der Waals surface area contributed by atoms with Crippen LogP contribution in [0.5, 0.6) is 5.75 Å². The second kappa shape index (κ2) is 8.66. The summed E-state index contributed by atoms with van der Waals surface area (Å²) in [5, 5.41) is 16.5. The summed E-state index contributed by atoms with van der Waals surface area (Å²) in [5.41, 5.74) is 1.55. The van der Waals surface area contributed by atoms with Crippen molar-refractivity contribution in [2.75, 3.05) is 13.1 Å². The number of nitrogens with zero attached hydrogens (tertiary/aromatic N) is 1. The van der Waals surface area contributed by atoms with Crippen molar-refractivity contribution in [1.29, 1.82) is 0 Å². The molecule has 2 fully saturated rings. The van der Waals surface area contributed by atoms with Crippen molar-refractivity contribution in [1.82, 2.24) is 15.5 Å². The van der Waals surface area contributed by atoms with Crippen LogP contribution in [0.1, 0.15) is 47.6 Å². The van der Waals surface area contributed by atoms with Crippen LogP contribution in [0.25, 0.3) is 0 Å². The Kier molecular flexibility index (Phi) is 5.81. The Hall–Kier alpha value is -2.86. The van der Waals surface area contributed by atoms with Crippen LogP contribution in [0, 0.1) is 0 Å². The minimum Gasteiger partial charge on any atom is -0.507 e. The lowest BCUT2D eigenvalue weighted by molar-refractivity contribution is -0.123. The molecule has 0 radical (unpaired) electrons. The van der Waals surface area contributed by atoms with Gasteiger partial charge in [-0.3, -0.25) is 14.9 Å². The van der Waals surface area contributed by atoms with Gasteiger partial charge in [0.05, 0.1) is 11.6 Å². The zero-order valence-electron chi connectivity index (χ0n) is 16.4. The highest BCUT2D eigenvalue weighted by Crippen LogP contribution is 2.27. The number of hydrogen-bond acceptors (Lipinski definition) is 4. The standard InChI is InChI=1S/C23H27N3O3/c27-21-9-5-4-8-18(21)23(29)26-14-12-17(13-15-26)24-22(28)20-11-10-19(25-20)16-6-2-1-3-7-16/h1-9,17,19-20,25,27H,10-15H2,(H,24,28)/t19-,20+/m0/s1. The van der Waals surface area contributed by atoms with Gasteiger partial charge in [-0.05, 0) is 43.4 Å². The third-order valence-corrected chi connectivity index (χ3v) is 5.93. The Morgan fingerprint density at radius 2 is 1.62 bits per heavy atom. The normalized spacial score (nSPS) is 22.4. The zero-order chi connectivity index (χ0) is 20.2. The van der Waals surface area contributed by atoms with Gasteiger partial charge in [-0.25, -0.2) is 0 Å². The highest BCUT2D eigenvalue weighted by Gasteiger charge is 2.32. The molecule has 2 aliphatic heterocycles. The average molecular weight is 393 g/mol. The van der Waals surface area contributed by atoms with Gasteiger partial charge in [-0.1, -0.05) is 42.5 Å². The number of rotatable bonds is 4. The number of para-hydroxylation sites is 1. The molecule has 2 aliphatic rings. The van der Waals surface area contributed by atoms with Crippen molar-refractivity contribution in [2.45, 2.75) is 43.8 Å². The molecule has 29 heavy (non-hydrogen) atoms. The summed E-state index contributed by atoms with van der Waals surface area (Å²) in [5.74, 6) is -0.0989. The van der Waals surface area contributed by atoms with Crippen molar-refractivity contribution in [3.05, 3.63) is 65.7 Å². The number of hydrogen-bond donors (Lipinski definition) is 3. The number of carbonyl (C=O) groups excluding carboxylic acids is 2. The molecule has 3 N–H and O–H groups in total. The van der Waals surface area contributed by atoms with Crippen LogP contribution in [0.2, 0.25) is 0 Å². The summed E-state index contributed by atoms with van der Waals surface area (Å²) in [4.78, 5) is 27.0. The van der Waals surface area contributed by atoms with Crippen LogP contribution in [0.3, 0.4) is 0 Å². The smallest absolute Gasteiger partial charge is 0.257 e. The Morgan fingerprint density at radius 1 is 0.931 bits per heavy atom. The van der Waals surface area contributed by atoms with E-state index < -0.39 is 0 Å². The lowest BCUT2D eigenvalue weighted by atomic mass is 10.0. The first-order valence-corrected chi connectivity index (χ1v) is 10.3. The van der Waals surface area contributed by atoms with Crippen molar-refractivity contribution >= 4 is 11.8 Å². The van der Waals surface area contributed by atoms with E-state index in [1.807, 2.05) is 18.2 Å². The number of phenols is 1. The topological polar surface area (TPSA) is 81.7 Å². The fourth-order valence-electron chi connectivity index (χ4n) is 4.25. The fourth-order valence-corrected chi connectivity index (χ4v) is 4.25. The van der Waals surface area contributed by atoms with Crippen LogP contribution in [0.4, 0.5) is 0 Å². The molecule has 2 heterocycles. The third kappa shape index (κ3) is 4.43. The second-order valence-corrected chi connectivity index (χ2v) is 7.85. The Morgan fingerprint density at radius 3 is 2.34 bits per heavy atom. The van der Waals surface area contributed by atoms with Gasteiger partial charge in [0, 0.05) is 25.2 Å². The van der Waals surface area contributed by atoms with Crippen molar-refractivity contribution in [2.24, 2.45) is 0 Å². The number of benzene rings is 2. The first kappa shape index (κ1) is 19.5. The van der Waals surface area contributed by atoms with E-state index in [0.717, 1.165) is 25.7 Å². The van der Waals surface area contributed by atoms with Crippen LogP contribution >= 0.6 is 0 Å². The van der Waals surface area contributed by atoms with E-state index in [9.17, 15) is 14.7 Å². The molecule has 6 heteroatoms. The number of piperidine rings is 1. The SMILES string of the molecule is O=C(NC1CCN(C(=O)c2ccccc2O)CC1)[C@H]1CC[C@@H](c2ccccc2)N1. The molecule has 2 saturated heterocycles. The average Bonchev–Trinajstić information content (AvgIpc) is 3.25. The highest BCUT2D eigenvalue weighted by molar-refractivity contribution is 5.96. The quantitative estimate of drug-likeness (QED) is 0.746. The van der Waals surface area contributed by atoms with E-state index >= 15 is 0 Å². The van der Waals surface area contributed by atoms with Gasteiger partial charge in [-0.15, -0.1) is 0 Å². The summed E-state index contributed by atoms with van der Waals surface area (Å²) in [6.45, 7) is 1.14. The molecule has 4 rings (SSSR count). The molecule has 2 aromatic carbocycles. The van der Waals surface area contributed by atoms with Crippen molar-refractivity contribution < 1.29 is 14.7 Å². The summed E-state index contributed by atoms with van der Waals surface area (Å²) in [6, 6.07) is 17.0. The van der Waals surface area contributed by atoms with Crippen molar-refractivity contribution in [3.63, 3.8) is 0 Å². The van der Waals surface area contributed by atoms with E-state index in [0.29, 0.717) is 18.7 Å². The van der Waals surface area contributed by atoms with E-state index in [1.165, 1.54) is 11.6 Å². The molecule has 2 aromatic rings. The molecule has 6 nitrogen and oxygen atoms in total. The van der Waals surface area contributed by atoms with Crippen LogP contribution in [0.15, 0.2) is 54.6 Å². The Bertz CT molecular complexity index is 863. The molecular weight excluding hydrogens is 366 g/mol. The Balaban J connectivity index is 1.26. The van der Waals surface area contributed by atoms with Gasteiger partial charge in [0.25, 0.3) is 5.91 Å². The largest absolute Gasteiger partial charge is 0.507 e. The maximum Gasteiger partial charge on any atom is 0.257 e. The molecule has 0 spiro atoms. The van der Waals surface area contributed by atoms with Gasteiger partial charge in [0.15, 0.2) is 0 Å². The molecule has 2 atom stereocenters. The maximum absolute atomic E-state index is 12.7. The summed E-state index contributed by atoms with van der Waals surface area (Å²) in [7, 11) is 0. The van der Waals surface area contributed by atoms with Gasteiger partial charge >= 0.3 is 0 Å². The van der Waals surface area contributed by atoms with E-state index in [-0.39, 0.29) is 35.7 Å². The highest BCUT2D eigenvalue weighted by atomic mass is 16.3. The Labute approximate surface area is 170 Å². The van der Waals surface area contributed by atoms with Crippen LogP contribution in [-0.4, -0.2) is 47.0 Å². The van der Waals surface area contributed by atoms with Crippen molar-refractivity contribution in [3.8, 4) is 5.75 Å². The van der Waals surface area contributed by atoms with Crippen LogP contribution < -0.4 is 10.6 Å². The monoisotopic (exact) mass is 393 g/mol. The van der Waals surface area contributed by atoms with E-state index in [4.69, 9.17) is 0 Å². The molecule has 0 aromatic heterocycles.